The Bertz CT molecular complexity index is 749. The molecule has 2 N–H and O–H groups in total. The van der Waals surface area contributed by atoms with Crippen LogP contribution in [-0.4, -0.2) is 38.9 Å². The van der Waals surface area contributed by atoms with Gasteiger partial charge in [0.05, 0.1) is 19.8 Å². The first-order valence-electron chi connectivity index (χ1n) is 11.3. The third-order valence-electron chi connectivity index (χ3n) is 4.64. The van der Waals surface area contributed by atoms with E-state index in [9.17, 15) is 4.79 Å². The molecule has 0 saturated heterocycles. The second kappa shape index (κ2) is 15.1. The summed E-state index contributed by atoms with van der Waals surface area (Å²) in [6.07, 6.45) is 6.12. The predicted molar refractivity (Wildman–Crippen MR) is 126 cm³/mol. The molecule has 0 fully saturated rings. The highest BCUT2D eigenvalue weighted by Crippen LogP contribution is 2.18. The maximum absolute atomic E-state index is 12.3. The predicted octanol–water partition coefficient (Wildman–Crippen LogP) is 5.50. The molecule has 170 valence electrons. The Hall–Kier alpha value is -2.73. The van der Waals surface area contributed by atoms with Crippen LogP contribution in [0.5, 0.6) is 11.5 Å². The van der Waals surface area contributed by atoms with Crippen molar-refractivity contribution in [2.75, 3.05) is 43.6 Å². The van der Waals surface area contributed by atoms with E-state index >= 15 is 0 Å². The summed E-state index contributed by atoms with van der Waals surface area (Å²) < 4.78 is 16.6. The second-order valence-corrected chi connectivity index (χ2v) is 7.26. The van der Waals surface area contributed by atoms with Gasteiger partial charge >= 0.3 is 0 Å². The summed E-state index contributed by atoms with van der Waals surface area (Å²) >= 11 is 0. The molecule has 0 heterocycles. The van der Waals surface area contributed by atoms with Gasteiger partial charge in [-0.05, 0) is 49.7 Å². The molecule has 0 aliphatic heterocycles. The molecular weight excluding hydrogens is 392 g/mol. The fourth-order valence-corrected chi connectivity index (χ4v) is 2.98. The zero-order valence-electron chi connectivity index (χ0n) is 18.8. The highest BCUT2D eigenvalue weighted by molar-refractivity contribution is 5.93. The third kappa shape index (κ3) is 10.7. The van der Waals surface area contributed by atoms with Gasteiger partial charge in [0, 0.05) is 24.0 Å². The number of hydrogen-bond donors (Lipinski definition) is 2. The largest absolute Gasteiger partial charge is 0.494 e. The Morgan fingerprint density at radius 1 is 0.806 bits per heavy atom. The van der Waals surface area contributed by atoms with Gasteiger partial charge in [-0.25, -0.2) is 0 Å². The molecule has 0 radical (unpaired) electrons. The molecule has 0 unspecified atom stereocenters. The van der Waals surface area contributed by atoms with E-state index in [2.05, 4.69) is 17.6 Å². The lowest BCUT2D eigenvalue weighted by Gasteiger charge is -2.11. The van der Waals surface area contributed by atoms with Crippen LogP contribution in [0, 0.1) is 0 Å². The topological polar surface area (TPSA) is 68.8 Å². The summed E-state index contributed by atoms with van der Waals surface area (Å²) in [7, 11) is 0. The summed E-state index contributed by atoms with van der Waals surface area (Å²) in [5.41, 5.74) is 1.57. The molecule has 31 heavy (non-hydrogen) atoms. The van der Waals surface area contributed by atoms with Crippen molar-refractivity contribution in [3.63, 3.8) is 0 Å². The van der Waals surface area contributed by atoms with Crippen molar-refractivity contribution in [1.29, 1.82) is 0 Å². The van der Waals surface area contributed by atoms with E-state index in [4.69, 9.17) is 14.2 Å². The first kappa shape index (κ1) is 24.5. The van der Waals surface area contributed by atoms with Gasteiger partial charge in [0.1, 0.15) is 18.1 Å². The van der Waals surface area contributed by atoms with Crippen molar-refractivity contribution in [3.05, 3.63) is 48.5 Å². The summed E-state index contributed by atoms with van der Waals surface area (Å²) in [6, 6.07) is 15.0. The van der Waals surface area contributed by atoms with E-state index < -0.39 is 0 Å². The lowest BCUT2D eigenvalue weighted by atomic mass is 10.2. The minimum absolute atomic E-state index is 0.126. The van der Waals surface area contributed by atoms with Crippen LogP contribution in [0.3, 0.4) is 0 Å². The zero-order chi connectivity index (χ0) is 22.2. The Labute approximate surface area is 186 Å². The van der Waals surface area contributed by atoms with Gasteiger partial charge in [-0.1, -0.05) is 38.7 Å². The molecule has 6 heteroatoms. The minimum Gasteiger partial charge on any atom is -0.494 e. The number of carbonyl (C=O) groups excluding carboxylic acids is 1. The van der Waals surface area contributed by atoms with Crippen LogP contribution in [0.2, 0.25) is 0 Å². The van der Waals surface area contributed by atoms with Gasteiger partial charge in [-0.15, -0.1) is 0 Å². The Morgan fingerprint density at radius 3 is 2.35 bits per heavy atom. The molecular formula is C25H36N2O4. The van der Waals surface area contributed by atoms with Gasteiger partial charge in [0.25, 0.3) is 0 Å². The van der Waals surface area contributed by atoms with Crippen LogP contribution in [0.1, 0.15) is 46.0 Å². The molecule has 0 aromatic heterocycles. The average Bonchev–Trinajstić information content (AvgIpc) is 2.79. The van der Waals surface area contributed by atoms with E-state index in [0.29, 0.717) is 31.3 Å². The van der Waals surface area contributed by atoms with Crippen molar-refractivity contribution >= 4 is 17.3 Å². The van der Waals surface area contributed by atoms with E-state index in [0.717, 1.165) is 24.5 Å². The molecule has 0 aliphatic rings. The molecule has 2 aromatic rings. The SMILES string of the molecule is CCCCCCCOc1ccc(NCC(=O)Nc2cccc(OCCOCC)c2)cc1. The quantitative estimate of drug-likeness (QED) is 0.346. The minimum atomic E-state index is -0.126. The summed E-state index contributed by atoms with van der Waals surface area (Å²) in [5, 5.41) is 6.01. The number of hydrogen-bond acceptors (Lipinski definition) is 5. The van der Waals surface area contributed by atoms with E-state index in [1.54, 1.807) is 6.07 Å². The molecule has 0 aliphatic carbocycles. The van der Waals surface area contributed by atoms with E-state index in [1.807, 2.05) is 49.4 Å². The number of carbonyl (C=O) groups is 1. The number of rotatable bonds is 16. The normalized spacial score (nSPS) is 10.5. The van der Waals surface area contributed by atoms with Crippen LogP contribution >= 0.6 is 0 Å². The molecule has 2 aromatic carbocycles. The Morgan fingerprint density at radius 2 is 1.58 bits per heavy atom. The molecule has 0 bridgehead atoms. The number of nitrogens with one attached hydrogen (secondary N) is 2. The fourth-order valence-electron chi connectivity index (χ4n) is 2.98. The third-order valence-corrected chi connectivity index (χ3v) is 4.64. The van der Waals surface area contributed by atoms with Crippen molar-refractivity contribution in [2.24, 2.45) is 0 Å². The second-order valence-electron chi connectivity index (χ2n) is 7.26. The average molecular weight is 429 g/mol. The monoisotopic (exact) mass is 428 g/mol. The zero-order valence-corrected chi connectivity index (χ0v) is 18.8. The molecule has 0 saturated carbocycles. The number of benzene rings is 2. The maximum Gasteiger partial charge on any atom is 0.243 e. The molecule has 6 nitrogen and oxygen atoms in total. The van der Waals surface area contributed by atoms with Crippen LogP contribution < -0.4 is 20.1 Å². The van der Waals surface area contributed by atoms with Crippen LogP contribution in [0.25, 0.3) is 0 Å². The van der Waals surface area contributed by atoms with E-state index in [1.165, 1.54) is 25.7 Å². The number of unbranched alkanes of at least 4 members (excludes halogenated alkanes) is 4. The fraction of sp³-hybridized carbons (Fsp3) is 0.480. The van der Waals surface area contributed by atoms with Gasteiger partial charge in [0.2, 0.25) is 5.91 Å². The standard InChI is InChI=1S/C25H36N2O4/c1-3-5-6-7-8-16-30-23-14-12-21(13-15-23)26-20-25(28)27-22-10-9-11-24(19-22)31-18-17-29-4-2/h9-15,19,26H,3-8,16-18,20H2,1-2H3,(H,27,28). The van der Waals surface area contributed by atoms with Crippen LogP contribution in [-0.2, 0) is 9.53 Å². The molecule has 0 spiro atoms. The summed E-state index contributed by atoms with van der Waals surface area (Å²) in [6.45, 7) is 6.77. The summed E-state index contributed by atoms with van der Waals surface area (Å²) in [5.74, 6) is 1.43. The Kier molecular flexibility index (Phi) is 12.0. The van der Waals surface area contributed by atoms with Gasteiger partial charge < -0.3 is 24.8 Å². The molecule has 2 rings (SSSR count). The Balaban J connectivity index is 1.67. The lowest BCUT2D eigenvalue weighted by Crippen LogP contribution is -2.21. The lowest BCUT2D eigenvalue weighted by molar-refractivity contribution is -0.114. The summed E-state index contributed by atoms with van der Waals surface area (Å²) in [4.78, 5) is 12.3. The first-order valence-corrected chi connectivity index (χ1v) is 11.3. The number of anilines is 2. The van der Waals surface area contributed by atoms with Gasteiger partial charge in [-0.2, -0.15) is 0 Å². The van der Waals surface area contributed by atoms with Gasteiger partial charge in [-0.3, -0.25) is 4.79 Å². The van der Waals surface area contributed by atoms with Crippen molar-refractivity contribution in [3.8, 4) is 11.5 Å². The smallest absolute Gasteiger partial charge is 0.243 e. The van der Waals surface area contributed by atoms with Crippen LogP contribution in [0.15, 0.2) is 48.5 Å². The van der Waals surface area contributed by atoms with E-state index in [-0.39, 0.29) is 12.5 Å². The molecule has 1 amide bonds. The highest BCUT2D eigenvalue weighted by atomic mass is 16.5. The van der Waals surface area contributed by atoms with Crippen LogP contribution in [0.4, 0.5) is 11.4 Å². The highest BCUT2D eigenvalue weighted by Gasteiger charge is 2.04. The number of amides is 1. The van der Waals surface area contributed by atoms with Crippen molar-refractivity contribution in [2.45, 2.75) is 46.0 Å². The number of ether oxygens (including phenoxy) is 3. The maximum atomic E-state index is 12.3. The van der Waals surface area contributed by atoms with Crippen molar-refractivity contribution < 1.29 is 19.0 Å². The van der Waals surface area contributed by atoms with Crippen molar-refractivity contribution in [1.82, 2.24) is 0 Å². The first-order chi connectivity index (χ1) is 15.2. The molecule has 0 atom stereocenters. The van der Waals surface area contributed by atoms with Gasteiger partial charge in [0.15, 0.2) is 0 Å².